The van der Waals surface area contributed by atoms with Crippen LogP contribution < -0.4 is 4.74 Å². The van der Waals surface area contributed by atoms with E-state index >= 15 is 0 Å². The molecule has 4 nitrogen and oxygen atoms in total. The molecule has 4 heteroatoms. The highest BCUT2D eigenvalue weighted by atomic mass is 16.5. The molecule has 1 heterocycles. The maximum atomic E-state index is 12.1. The molecule has 0 saturated carbocycles. The van der Waals surface area contributed by atoms with E-state index in [4.69, 9.17) is 4.74 Å². The van der Waals surface area contributed by atoms with Gasteiger partial charge in [-0.1, -0.05) is 25.0 Å². The summed E-state index contributed by atoms with van der Waals surface area (Å²) < 4.78 is 5.23. The van der Waals surface area contributed by atoms with Crippen LogP contribution in [-0.4, -0.2) is 50.0 Å². The Labute approximate surface area is 127 Å². The quantitative estimate of drug-likeness (QED) is 0.855. The fourth-order valence-corrected chi connectivity index (χ4v) is 2.88. The van der Waals surface area contributed by atoms with E-state index in [1.165, 1.54) is 24.8 Å². The zero-order valence-electron chi connectivity index (χ0n) is 13.3. The summed E-state index contributed by atoms with van der Waals surface area (Å²) in [5.41, 5.74) is 1.28. The summed E-state index contributed by atoms with van der Waals surface area (Å²) >= 11 is 0. The molecule has 2 rings (SSSR count). The number of hydrogen-bond donors (Lipinski definition) is 0. The number of nitrogens with zero attached hydrogens (tertiary/aromatic N) is 2. The molecule has 0 aliphatic carbocycles. The lowest BCUT2D eigenvalue weighted by molar-refractivity contribution is -0.130. The first-order valence-corrected chi connectivity index (χ1v) is 7.70. The smallest absolute Gasteiger partial charge is 0.236 e. The predicted octanol–water partition coefficient (Wildman–Crippen LogP) is 2.70. The molecule has 1 aromatic carbocycles. The summed E-state index contributed by atoms with van der Waals surface area (Å²) in [7, 11) is 5.33. The van der Waals surface area contributed by atoms with Gasteiger partial charge in [0.25, 0.3) is 0 Å². The van der Waals surface area contributed by atoms with Crippen molar-refractivity contribution in [2.24, 2.45) is 0 Å². The number of carbonyl (C=O) groups is 1. The van der Waals surface area contributed by atoms with E-state index in [-0.39, 0.29) is 5.91 Å². The first-order valence-electron chi connectivity index (χ1n) is 7.70. The first-order chi connectivity index (χ1) is 10.1. The highest BCUT2D eigenvalue weighted by Crippen LogP contribution is 2.30. The van der Waals surface area contributed by atoms with Crippen molar-refractivity contribution in [3.8, 4) is 5.75 Å². The van der Waals surface area contributed by atoms with Crippen LogP contribution in [0.5, 0.6) is 5.75 Å². The van der Waals surface area contributed by atoms with Crippen molar-refractivity contribution in [2.75, 3.05) is 34.3 Å². The molecule has 21 heavy (non-hydrogen) atoms. The second kappa shape index (κ2) is 7.46. The third-order valence-corrected chi connectivity index (χ3v) is 4.20. The van der Waals surface area contributed by atoms with E-state index in [1.54, 1.807) is 12.0 Å². The van der Waals surface area contributed by atoms with Crippen LogP contribution in [0.15, 0.2) is 24.3 Å². The van der Waals surface area contributed by atoms with E-state index in [0.717, 1.165) is 18.7 Å². The van der Waals surface area contributed by atoms with Crippen molar-refractivity contribution >= 4 is 5.91 Å². The maximum absolute atomic E-state index is 12.1. The lowest BCUT2D eigenvalue weighted by Crippen LogP contribution is -2.38. The number of hydrogen-bond acceptors (Lipinski definition) is 3. The monoisotopic (exact) mass is 290 g/mol. The molecule has 1 fully saturated rings. The second-order valence-corrected chi connectivity index (χ2v) is 5.90. The topological polar surface area (TPSA) is 32.8 Å². The summed E-state index contributed by atoms with van der Waals surface area (Å²) in [6.07, 6.45) is 4.77. The lowest BCUT2D eigenvalue weighted by atomic mass is 10.0. The number of likely N-dealkylation sites (N-methyl/N-ethyl adjacent to an activating group) is 1. The van der Waals surface area contributed by atoms with Crippen LogP contribution in [-0.2, 0) is 4.79 Å². The van der Waals surface area contributed by atoms with Gasteiger partial charge in [0.15, 0.2) is 0 Å². The number of carbonyl (C=O) groups excluding carboxylic acids is 1. The van der Waals surface area contributed by atoms with E-state index in [1.807, 2.05) is 26.2 Å². The number of likely N-dealkylation sites (tertiary alicyclic amines) is 1. The van der Waals surface area contributed by atoms with Gasteiger partial charge in [0, 0.05) is 20.1 Å². The molecule has 1 amide bonds. The molecule has 0 radical (unpaired) electrons. The Morgan fingerprint density at radius 3 is 2.57 bits per heavy atom. The largest absolute Gasteiger partial charge is 0.497 e. The van der Waals surface area contributed by atoms with Gasteiger partial charge in [0.05, 0.1) is 13.7 Å². The minimum absolute atomic E-state index is 0.176. The highest BCUT2D eigenvalue weighted by molar-refractivity contribution is 5.77. The van der Waals surface area contributed by atoms with Crippen LogP contribution in [0, 0.1) is 0 Å². The van der Waals surface area contributed by atoms with E-state index in [0.29, 0.717) is 12.6 Å². The molecule has 1 aliphatic heterocycles. The number of benzene rings is 1. The summed E-state index contributed by atoms with van der Waals surface area (Å²) in [5.74, 6) is 1.05. The summed E-state index contributed by atoms with van der Waals surface area (Å²) in [6.45, 7) is 1.50. The molecule has 1 unspecified atom stereocenters. The summed E-state index contributed by atoms with van der Waals surface area (Å²) in [5, 5.41) is 0. The average molecular weight is 290 g/mol. The van der Waals surface area contributed by atoms with Crippen molar-refractivity contribution in [2.45, 2.75) is 31.7 Å². The number of rotatable bonds is 4. The van der Waals surface area contributed by atoms with Crippen molar-refractivity contribution in [1.82, 2.24) is 9.80 Å². The molecule has 0 N–H and O–H groups in total. The Balaban J connectivity index is 2.16. The van der Waals surface area contributed by atoms with Gasteiger partial charge in [-0.2, -0.15) is 0 Å². The minimum atomic E-state index is 0.176. The predicted molar refractivity (Wildman–Crippen MR) is 84.5 cm³/mol. The number of ether oxygens (including phenoxy) is 1. The van der Waals surface area contributed by atoms with Gasteiger partial charge in [-0.3, -0.25) is 9.69 Å². The van der Waals surface area contributed by atoms with Crippen LogP contribution >= 0.6 is 0 Å². The second-order valence-electron chi connectivity index (χ2n) is 5.90. The third-order valence-electron chi connectivity index (χ3n) is 4.20. The number of amides is 1. The molecule has 0 aromatic heterocycles. The summed E-state index contributed by atoms with van der Waals surface area (Å²) in [4.78, 5) is 16.1. The molecule has 0 spiro atoms. The van der Waals surface area contributed by atoms with Crippen molar-refractivity contribution < 1.29 is 9.53 Å². The van der Waals surface area contributed by atoms with Gasteiger partial charge < -0.3 is 9.64 Å². The van der Waals surface area contributed by atoms with Gasteiger partial charge in [-0.25, -0.2) is 0 Å². The molecule has 0 bridgehead atoms. The van der Waals surface area contributed by atoms with Gasteiger partial charge >= 0.3 is 0 Å². The summed E-state index contributed by atoms with van der Waals surface area (Å²) in [6, 6.07) is 8.60. The van der Waals surface area contributed by atoms with E-state index in [2.05, 4.69) is 17.0 Å². The third kappa shape index (κ3) is 4.21. The van der Waals surface area contributed by atoms with Crippen LogP contribution in [0.1, 0.15) is 37.3 Å². The van der Waals surface area contributed by atoms with Crippen LogP contribution in [0.3, 0.4) is 0 Å². The zero-order valence-corrected chi connectivity index (χ0v) is 13.3. The van der Waals surface area contributed by atoms with Crippen LogP contribution in [0.25, 0.3) is 0 Å². The average Bonchev–Trinajstić information content (AvgIpc) is 2.72. The Kier molecular flexibility index (Phi) is 5.62. The molecular formula is C17H26N2O2. The standard InChI is InChI=1S/C17H26N2O2/c1-18(2)17(20)13-19-12-6-4-5-7-16(19)14-8-10-15(21-3)11-9-14/h8-11,16H,4-7,12-13H2,1-3H3. The fourth-order valence-electron chi connectivity index (χ4n) is 2.88. The van der Waals surface area contributed by atoms with Crippen LogP contribution in [0.4, 0.5) is 0 Å². The van der Waals surface area contributed by atoms with Crippen molar-refractivity contribution in [3.05, 3.63) is 29.8 Å². The Bertz CT molecular complexity index is 456. The SMILES string of the molecule is COc1ccc(C2CCCCCN2CC(=O)N(C)C)cc1. The Morgan fingerprint density at radius 1 is 1.24 bits per heavy atom. The van der Waals surface area contributed by atoms with Crippen molar-refractivity contribution in [3.63, 3.8) is 0 Å². The van der Waals surface area contributed by atoms with E-state index < -0.39 is 0 Å². The molecule has 1 saturated heterocycles. The van der Waals surface area contributed by atoms with Crippen molar-refractivity contribution in [1.29, 1.82) is 0 Å². The number of methoxy groups -OCH3 is 1. The minimum Gasteiger partial charge on any atom is -0.497 e. The lowest BCUT2D eigenvalue weighted by Gasteiger charge is -2.30. The normalized spacial score (nSPS) is 19.9. The Hall–Kier alpha value is -1.55. The molecule has 1 aliphatic rings. The molecule has 116 valence electrons. The van der Waals surface area contributed by atoms with Gasteiger partial charge in [0.1, 0.15) is 5.75 Å². The maximum Gasteiger partial charge on any atom is 0.236 e. The highest BCUT2D eigenvalue weighted by Gasteiger charge is 2.24. The fraction of sp³-hybridized carbons (Fsp3) is 0.588. The Morgan fingerprint density at radius 2 is 1.95 bits per heavy atom. The van der Waals surface area contributed by atoms with Gasteiger partial charge in [-0.05, 0) is 37.1 Å². The molecular weight excluding hydrogens is 264 g/mol. The molecule has 1 atom stereocenters. The van der Waals surface area contributed by atoms with E-state index in [9.17, 15) is 4.79 Å². The zero-order chi connectivity index (χ0) is 15.2. The van der Waals surface area contributed by atoms with Gasteiger partial charge in [0.2, 0.25) is 5.91 Å². The molecule has 1 aromatic rings. The van der Waals surface area contributed by atoms with Gasteiger partial charge in [-0.15, -0.1) is 0 Å². The van der Waals surface area contributed by atoms with Crippen LogP contribution in [0.2, 0.25) is 0 Å². The first kappa shape index (κ1) is 15.8.